The second-order valence-electron chi connectivity index (χ2n) is 15.3. The number of para-hydroxylation sites is 1. The highest BCUT2D eigenvalue weighted by Gasteiger charge is 2.47. The predicted octanol–water partition coefficient (Wildman–Crippen LogP) is 9.13. The van der Waals surface area contributed by atoms with Crippen molar-refractivity contribution in [2.75, 3.05) is 13.1 Å². The Morgan fingerprint density at radius 1 is 0.741 bits per heavy atom. The SMILES string of the molecule is N#Cc1cccc(Cc2ccc(C#N)c(C(=O)C3CC3c3ccccc3)c2Cn2cc(C3CCN(C(=O)C4CC4c4ccccc4)C3)c3ccccc32)c1. The summed E-state index contributed by atoms with van der Waals surface area (Å²) >= 11 is 0. The summed E-state index contributed by atoms with van der Waals surface area (Å²) in [7, 11) is 0. The molecule has 2 aliphatic carbocycles. The van der Waals surface area contributed by atoms with Gasteiger partial charge in [0.05, 0.1) is 23.3 Å². The van der Waals surface area contributed by atoms with Gasteiger partial charge in [0.1, 0.15) is 0 Å². The molecule has 6 nitrogen and oxygen atoms in total. The van der Waals surface area contributed by atoms with Crippen LogP contribution in [0.25, 0.3) is 10.9 Å². The number of rotatable bonds is 10. The van der Waals surface area contributed by atoms with Crippen LogP contribution >= 0.6 is 0 Å². The Kier molecular flexibility index (Phi) is 8.68. The Bertz CT molecular complexity index is 2490. The van der Waals surface area contributed by atoms with Crippen molar-refractivity contribution in [2.45, 2.75) is 50.0 Å². The average molecular weight is 705 g/mol. The number of Topliss-reactive ketones (excluding diaryl/α,β-unsaturated/α-hetero) is 1. The van der Waals surface area contributed by atoms with Crippen molar-refractivity contribution in [1.82, 2.24) is 9.47 Å². The Morgan fingerprint density at radius 3 is 2.19 bits per heavy atom. The minimum Gasteiger partial charge on any atom is -0.343 e. The van der Waals surface area contributed by atoms with Crippen LogP contribution in [0.15, 0.2) is 128 Å². The number of likely N-dealkylation sites (tertiary alicyclic amines) is 1. The first kappa shape index (κ1) is 33.6. The number of ketones is 1. The van der Waals surface area contributed by atoms with Gasteiger partial charge in [-0.05, 0) is 95.2 Å². The van der Waals surface area contributed by atoms with Crippen LogP contribution in [0.4, 0.5) is 0 Å². The van der Waals surface area contributed by atoms with Crippen molar-refractivity contribution in [2.24, 2.45) is 11.8 Å². The van der Waals surface area contributed by atoms with E-state index in [9.17, 15) is 20.1 Å². The van der Waals surface area contributed by atoms with Crippen molar-refractivity contribution >= 4 is 22.6 Å². The molecule has 6 heteroatoms. The van der Waals surface area contributed by atoms with Gasteiger partial charge in [-0.25, -0.2) is 0 Å². The van der Waals surface area contributed by atoms with Crippen LogP contribution in [0.5, 0.6) is 0 Å². The van der Waals surface area contributed by atoms with Crippen LogP contribution in [0.3, 0.4) is 0 Å². The molecule has 1 aromatic heterocycles. The van der Waals surface area contributed by atoms with Crippen molar-refractivity contribution in [1.29, 1.82) is 10.5 Å². The molecule has 3 fully saturated rings. The van der Waals surface area contributed by atoms with E-state index in [1.807, 2.05) is 54.6 Å². The monoisotopic (exact) mass is 704 g/mol. The number of carbonyl (C=O) groups excluding carboxylic acids is 2. The molecule has 3 aliphatic rings. The summed E-state index contributed by atoms with van der Waals surface area (Å²) in [6, 6.07) is 45.0. The molecule has 1 amide bonds. The summed E-state index contributed by atoms with van der Waals surface area (Å²) in [6.07, 6.45) is 5.34. The van der Waals surface area contributed by atoms with Crippen LogP contribution in [-0.2, 0) is 17.8 Å². The lowest BCUT2D eigenvalue weighted by Crippen LogP contribution is -2.30. The second-order valence-corrected chi connectivity index (χ2v) is 15.3. The number of hydrogen-bond acceptors (Lipinski definition) is 4. The van der Waals surface area contributed by atoms with Gasteiger partial charge in [0.15, 0.2) is 5.78 Å². The van der Waals surface area contributed by atoms with Gasteiger partial charge >= 0.3 is 0 Å². The van der Waals surface area contributed by atoms with E-state index >= 15 is 0 Å². The van der Waals surface area contributed by atoms with Crippen LogP contribution in [0.2, 0.25) is 0 Å². The molecule has 1 aliphatic heterocycles. The van der Waals surface area contributed by atoms with Gasteiger partial charge in [-0.2, -0.15) is 10.5 Å². The maximum Gasteiger partial charge on any atom is 0.226 e. The molecule has 5 atom stereocenters. The fourth-order valence-corrected chi connectivity index (χ4v) is 9.01. The van der Waals surface area contributed by atoms with Crippen LogP contribution < -0.4 is 0 Å². The number of amides is 1. The summed E-state index contributed by atoms with van der Waals surface area (Å²) in [5, 5.41) is 21.2. The fourth-order valence-electron chi connectivity index (χ4n) is 9.01. The van der Waals surface area contributed by atoms with Gasteiger partial charge in [-0.3, -0.25) is 9.59 Å². The third kappa shape index (κ3) is 6.29. The summed E-state index contributed by atoms with van der Waals surface area (Å²) in [6.45, 7) is 1.87. The second kappa shape index (κ2) is 14.0. The summed E-state index contributed by atoms with van der Waals surface area (Å²) in [5.74, 6) is 0.838. The third-order valence-corrected chi connectivity index (χ3v) is 12.0. The van der Waals surface area contributed by atoms with Crippen LogP contribution in [0.1, 0.15) is 91.9 Å². The Labute approximate surface area is 315 Å². The molecule has 0 spiro atoms. The lowest BCUT2D eigenvalue weighted by atomic mass is 9.88. The Morgan fingerprint density at radius 2 is 1.44 bits per heavy atom. The third-order valence-electron chi connectivity index (χ3n) is 12.0. The highest BCUT2D eigenvalue weighted by atomic mass is 16.2. The average Bonchev–Trinajstić information content (AvgIpc) is 4.12. The largest absolute Gasteiger partial charge is 0.343 e. The van der Waals surface area contributed by atoms with E-state index in [1.54, 1.807) is 12.1 Å². The summed E-state index contributed by atoms with van der Waals surface area (Å²) in [5.41, 5.74) is 9.00. The zero-order valence-corrected chi connectivity index (χ0v) is 30.1. The molecule has 6 aromatic rings. The van der Waals surface area contributed by atoms with E-state index < -0.39 is 0 Å². The molecule has 264 valence electrons. The van der Waals surface area contributed by atoms with E-state index in [-0.39, 0.29) is 35.4 Å². The Balaban J connectivity index is 1.06. The zero-order valence-electron chi connectivity index (χ0n) is 30.1. The van der Waals surface area contributed by atoms with E-state index in [4.69, 9.17) is 0 Å². The Hall–Kier alpha value is -6.24. The lowest BCUT2D eigenvalue weighted by molar-refractivity contribution is -0.131. The molecule has 0 bridgehead atoms. The van der Waals surface area contributed by atoms with Crippen molar-refractivity contribution in [3.05, 3.63) is 178 Å². The highest BCUT2D eigenvalue weighted by Crippen LogP contribution is 2.51. The van der Waals surface area contributed by atoms with Crippen molar-refractivity contribution < 1.29 is 9.59 Å². The number of hydrogen-bond donors (Lipinski definition) is 0. The molecular weight excluding hydrogens is 665 g/mol. The highest BCUT2D eigenvalue weighted by molar-refractivity contribution is 6.04. The van der Waals surface area contributed by atoms with Gasteiger partial charge in [0, 0.05) is 60.1 Å². The van der Waals surface area contributed by atoms with Gasteiger partial charge in [0.2, 0.25) is 5.91 Å². The molecule has 2 heterocycles. The van der Waals surface area contributed by atoms with Crippen LogP contribution in [0, 0.1) is 34.5 Å². The maximum atomic E-state index is 14.6. The molecule has 5 unspecified atom stereocenters. The summed E-state index contributed by atoms with van der Waals surface area (Å²) in [4.78, 5) is 30.4. The molecule has 5 aromatic carbocycles. The standard InChI is InChI=1S/C48H40N4O2/c49-26-32-11-9-10-31(22-32)23-35-18-19-36(27-50)46(47(53)41-24-39(41)33-12-3-1-4-13-33)44(35)30-52-29-43(38-16-7-8-17-45(38)52)37-20-21-51(28-37)48(54)42-25-40(42)34-14-5-2-6-15-34/h1-19,22,29,37,39-42H,20-21,23-25,28,30H2. The fraction of sp³-hybridized carbons (Fsp3) is 0.250. The van der Waals surface area contributed by atoms with Crippen molar-refractivity contribution in [3.8, 4) is 12.1 Å². The smallest absolute Gasteiger partial charge is 0.226 e. The first-order valence-electron chi connectivity index (χ1n) is 19.0. The van der Waals surface area contributed by atoms with Gasteiger partial charge < -0.3 is 9.47 Å². The van der Waals surface area contributed by atoms with Gasteiger partial charge in [-0.15, -0.1) is 0 Å². The maximum absolute atomic E-state index is 14.6. The molecule has 2 saturated carbocycles. The first-order chi connectivity index (χ1) is 26.5. The number of fused-ring (bicyclic) bond motifs is 1. The molecule has 54 heavy (non-hydrogen) atoms. The molecule has 0 N–H and O–H groups in total. The quantitative estimate of drug-likeness (QED) is 0.133. The van der Waals surface area contributed by atoms with E-state index in [2.05, 4.69) is 82.4 Å². The predicted molar refractivity (Wildman–Crippen MR) is 209 cm³/mol. The van der Waals surface area contributed by atoms with Crippen molar-refractivity contribution in [3.63, 3.8) is 0 Å². The van der Waals surface area contributed by atoms with E-state index in [0.717, 1.165) is 59.0 Å². The van der Waals surface area contributed by atoms with Gasteiger partial charge in [-0.1, -0.05) is 97.1 Å². The number of aromatic nitrogens is 1. The van der Waals surface area contributed by atoms with Crippen LogP contribution in [-0.4, -0.2) is 34.2 Å². The van der Waals surface area contributed by atoms with E-state index in [1.165, 1.54) is 11.1 Å². The minimum absolute atomic E-state index is 0.0264. The first-order valence-corrected chi connectivity index (χ1v) is 19.0. The topological polar surface area (TPSA) is 89.9 Å². The minimum atomic E-state index is -0.178. The molecular formula is C48H40N4O2. The molecule has 1 saturated heterocycles. The number of carbonyl (C=O) groups is 2. The molecule has 9 rings (SSSR count). The normalized spacial score (nSPS) is 21.4. The number of benzene rings is 5. The van der Waals surface area contributed by atoms with E-state index in [0.29, 0.717) is 42.1 Å². The lowest BCUT2D eigenvalue weighted by Gasteiger charge is -2.18. The summed E-state index contributed by atoms with van der Waals surface area (Å²) < 4.78 is 2.24. The van der Waals surface area contributed by atoms with Gasteiger partial charge in [0.25, 0.3) is 0 Å². The molecule has 0 radical (unpaired) electrons. The number of nitrogens with zero attached hydrogens (tertiary/aromatic N) is 4. The zero-order chi connectivity index (χ0) is 36.8. The number of nitriles is 2.